The molecule has 0 radical (unpaired) electrons. The van der Waals surface area contributed by atoms with E-state index in [9.17, 15) is 4.79 Å². The summed E-state index contributed by atoms with van der Waals surface area (Å²) >= 11 is 0. The van der Waals surface area contributed by atoms with Crippen molar-refractivity contribution in [2.45, 2.75) is 6.92 Å². The van der Waals surface area contributed by atoms with Crippen LogP contribution in [0, 0.1) is 11.3 Å². The summed E-state index contributed by atoms with van der Waals surface area (Å²) in [7, 11) is 3.22. The van der Waals surface area contributed by atoms with Crippen molar-refractivity contribution < 1.29 is 14.3 Å². The Morgan fingerprint density at radius 1 is 1.43 bits per heavy atom. The van der Waals surface area contributed by atoms with E-state index in [0.29, 0.717) is 0 Å². The van der Waals surface area contributed by atoms with Crippen molar-refractivity contribution in [3.8, 4) is 11.8 Å². The van der Waals surface area contributed by atoms with Crippen molar-refractivity contribution in [3.05, 3.63) is 41.6 Å². The van der Waals surface area contributed by atoms with Gasteiger partial charge in [-0.3, -0.25) is 5.01 Å². The molecule has 1 aromatic carbocycles. The molecule has 6 heteroatoms. The van der Waals surface area contributed by atoms with Crippen molar-refractivity contribution >= 4 is 12.2 Å². The van der Waals surface area contributed by atoms with Crippen LogP contribution in [0.5, 0.6) is 5.75 Å². The first-order valence-corrected chi connectivity index (χ1v) is 6.30. The van der Waals surface area contributed by atoms with E-state index in [1.165, 1.54) is 11.2 Å². The van der Waals surface area contributed by atoms with Crippen LogP contribution in [0.25, 0.3) is 0 Å². The van der Waals surface area contributed by atoms with Gasteiger partial charge in [0.15, 0.2) is 5.57 Å². The smallest absolute Gasteiger partial charge is 0.350 e. The third-order valence-corrected chi connectivity index (χ3v) is 2.44. The number of hydrogen-bond donors (Lipinski definition) is 0. The summed E-state index contributed by atoms with van der Waals surface area (Å²) < 4.78 is 9.82. The summed E-state index contributed by atoms with van der Waals surface area (Å²) in [6.45, 7) is 1.90. The van der Waals surface area contributed by atoms with Crippen LogP contribution in [0.4, 0.5) is 0 Å². The van der Waals surface area contributed by atoms with Crippen molar-refractivity contribution in [2.24, 2.45) is 5.10 Å². The van der Waals surface area contributed by atoms with Crippen LogP contribution in [-0.2, 0) is 9.53 Å². The highest BCUT2D eigenvalue weighted by Gasteiger charge is 2.10. The zero-order valence-electron chi connectivity index (χ0n) is 12.2. The summed E-state index contributed by atoms with van der Waals surface area (Å²) in [6.07, 6.45) is 2.92. The Balaban J connectivity index is 2.74. The van der Waals surface area contributed by atoms with E-state index in [1.54, 1.807) is 33.4 Å². The first-order chi connectivity index (χ1) is 10.1. The standard InChI is InChI=1S/C15H17N3O3/c1-4-21-15(19)13(9-16)11-18(2)17-10-12-5-7-14(20-3)8-6-12/h5-8,10-11H,4H2,1-3H3. The molecule has 0 aliphatic carbocycles. The van der Waals surface area contributed by atoms with E-state index < -0.39 is 5.97 Å². The summed E-state index contributed by atoms with van der Waals surface area (Å²) in [4.78, 5) is 11.4. The number of nitrogens with zero attached hydrogens (tertiary/aromatic N) is 3. The molecule has 6 nitrogen and oxygen atoms in total. The molecule has 0 aliphatic rings. The lowest BCUT2D eigenvalue weighted by atomic mass is 10.2. The molecule has 0 aliphatic heterocycles. The molecule has 110 valence electrons. The van der Waals surface area contributed by atoms with E-state index in [-0.39, 0.29) is 12.2 Å². The van der Waals surface area contributed by atoms with Crippen LogP contribution in [0.3, 0.4) is 0 Å². The minimum Gasteiger partial charge on any atom is -0.497 e. The molecule has 0 amide bonds. The molecule has 0 saturated carbocycles. The maximum Gasteiger partial charge on any atom is 0.350 e. The van der Waals surface area contributed by atoms with Gasteiger partial charge in [-0.15, -0.1) is 0 Å². The molecule has 21 heavy (non-hydrogen) atoms. The SMILES string of the molecule is CCOC(=O)C(C#N)=CN(C)N=Cc1ccc(OC)cc1. The molecule has 1 aromatic rings. The highest BCUT2D eigenvalue weighted by molar-refractivity contribution is 5.92. The molecule has 0 N–H and O–H groups in total. The summed E-state index contributed by atoms with van der Waals surface area (Å²) in [5, 5.41) is 14.4. The third kappa shape index (κ3) is 5.37. The number of carbonyl (C=O) groups is 1. The Morgan fingerprint density at radius 2 is 2.10 bits per heavy atom. The Labute approximate surface area is 123 Å². The number of ether oxygens (including phenoxy) is 2. The number of nitriles is 1. The van der Waals surface area contributed by atoms with Crippen LogP contribution in [0.2, 0.25) is 0 Å². The fourth-order valence-electron chi connectivity index (χ4n) is 1.40. The van der Waals surface area contributed by atoms with Crippen LogP contribution in [0.15, 0.2) is 41.1 Å². The van der Waals surface area contributed by atoms with Crippen molar-refractivity contribution in [2.75, 3.05) is 20.8 Å². The maximum atomic E-state index is 11.4. The summed E-state index contributed by atoms with van der Waals surface area (Å²) in [5.74, 6) is 0.0981. The molecule has 0 bridgehead atoms. The molecular weight excluding hydrogens is 270 g/mol. The van der Waals surface area contributed by atoms with Crippen molar-refractivity contribution in [3.63, 3.8) is 0 Å². The number of rotatable bonds is 6. The fourth-order valence-corrected chi connectivity index (χ4v) is 1.40. The lowest BCUT2D eigenvalue weighted by Gasteiger charge is -2.07. The van der Waals surface area contributed by atoms with E-state index in [4.69, 9.17) is 14.7 Å². The third-order valence-electron chi connectivity index (χ3n) is 2.44. The predicted molar refractivity (Wildman–Crippen MR) is 78.7 cm³/mol. The Bertz CT molecular complexity index is 571. The van der Waals surface area contributed by atoms with E-state index >= 15 is 0 Å². The van der Waals surface area contributed by atoms with Crippen LogP contribution < -0.4 is 4.74 Å². The second kappa shape index (κ2) is 8.38. The van der Waals surface area contributed by atoms with E-state index in [1.807, 2.05) is 24.3 Å². The van der Waals surface area contributed by atoms with Gasteiger partial charge < -0.3 is 9.47 Å². The molecule has 0 spiro atoms. The van der Waals surface area contributed by atoms with Crippen LogP contribution in [0.1, 0.15) is 12.5 Å². The fraction of sp³-hybridized carbons (Fsp3) is 0.267. The minimum atomic E-state index is -0.661. The van der Waals surface area contributed by atoms with Gasteiger partial charge in [-0.2, -0.15) is 10.4 Å². The van der Waals surface area contributed by atoms with Gasteiger partial charge in [0.05, 0.1) is 19.9 Å². The highest BCUT2D eigenvalue weighted by Crippen LogP contribution is 2.10. The number of hydrogen-bond acceptors (Lipinski definition) is 6. The monoisotopic (exact) mass is 287 g/mol. The van der Waals surface area contributed by atoms with Gasteiger partial charge in [0.1, 0.15) is 11.8 Å². The minimum absolute atomic E-state index is 0.105. The number of methoxy groups -OCH3 is 1. The highest BCUT2D eigenvalue weighted by atomic mass is 16.5. The Hall–Kier alpha value is -2.81. The quantitative estimate of drug-likeness (QED) is 0.263. The summed E-state index contributed by atoms with van der Waals surface area (Å²) in [6, 6.07) is 9.10. The van der Waals surface area contributed by atoms with E-state index in [0.717, 1.165) is 11.3 Å². The zero-order valence-corrected chi connectivity index (χ0v) is 12.2. The van der Waals surface area contributed by atoms with Crippen LogP contribution in [-0.4, -0.2) is 38.0 Å². The van der Waals surface area contributed by atoms with E-state index in [2.05, 4.69) is 5.10 Å². The Kier molecular flexibility index (Phi) is 6.48. The lowest BCUT2D eigenvalue weighted by molar-refractivity contribution is -0.138. The predicted octanol–water partition coefficient (Wildman–Crippen LogP) is 1.93. The van der Waals surface area contributed by atoms with Gasteiger partial charge in [-0.05, 0) is 36.8 Å². The second-order valence-electron chi connectivity index (χ2n) is 3.97. The number of esters is 1. The average Bonchev–Trinajstić information content (AvgIpc) is 2.51. The summed E-state index contributed by atoms with van der Waals surface area (Å²) in [5.41, 5.74) is 0.761. The molecular formula is C15H17N3O3. The molecule has 0 fully saturated rings. The largest absolute Gasteiger partial charge is 0.497 e. The normalized spacial score (nSPS) is 11.0. The average molecular weight is 287 g/mol. The number of benzene rings is 1. The van der Waals surface area contributed by atoms with Crippen molar-refractivity contribution in [1.82, 2.24) is 5.01 Å². The van der Waals surface area contributed by atoms with Gasteiger partial charge in [0, 0.05) is 13.2 Å². The molecule has 0 atom stereocenters. The molecule has 0 aromatic heterocycles. The second-order valence-corrected chi connectivity index (χ2v) is 3.97. The Morgan fingerprint density at radius 3 is 2.62 bits per heavy atom. The van der Waals surface area contributed by atoms with Gasteiger partial charge >= 0.3 is 5.97 Å². The molecule has 1 rings (SSSR count). The first-order valence-electron chi connectivity index (χ1n) is 6.30. The van der Waals surface area contributed by atoms with Gasteiger partial charge in [0.25, 0.3) is 0 Å². The number of hydrazone groups is 1. The molecule has 0 saturated heterocycles. The van der Waals surface area contributed by atoms with Crippen LogP contribution >= 0.6 is 0 Å². The zero-order chi connectivity index (χ0) is 15.7. The van der Waals surface area contributed by atoms with Gasteiger partial charge in [-0.1, -0.05) is 0 Å². The first kappa shape index (κ1) is 16.2. The number of carbonyl (C=O) groups excluding carboxylic acids is 1. The van der Waals surface area contributed by atoms with Gasteiger partial charge in [-0.25, -0.2) is 4.79 Å². The van der Waals surface area contributed by atoms with Gasteiger partial charge in [0.2, 0.25) is 0 Å². The molecule has 0 unspecified atom stereocenters. The van der Waals surface area contributed by atoms with Crippen molar-refractivity contribution in [1.29, 1.82) is 5.26 Å². The maximum absolute atomic E-state index is 11.4. The molecule has 0 heterocycles. The lowest BCUT2D eigenvalue weighted by Crippen LogP contribution is -2.11. The topological polar surface area (TPSA) is 74.9 Å².